The molecule has 0 aromatic carbocycles. The van der Waals surface area contributed by atoms with Gasteiger partial charge in [-0.1, -0.05) is 32.8 Å². The fraction of sp³-hybridized carbons (Fsp3) is 0.688. The van der Waals surface area contributed by atoms with Crippen molar-refractivity contribution in [1.82, 2.24) is 10.3 Å². The summed E-state index contributed by atoms with van der Waals surface area (Å²) in [6.45, 7) is 7.77. The fourth-order valence-electron chi connectivity index (χ4n) is 2.89. The Morgan fingerprint density at radius 1 is 1.47 bits per heavy atom. The van der Waals surface area contributed by atoms with Crippen LogP contribution in [0, 0.1) is 5.92 Å². The molecule has 0 saturated heterocycles. The molecular formula is C16H26N2S. The van der Waals surface area contributed by atoms with E-state index in [0.717, 1.165) is 17.7 Å². The van der Waals surface area contributed by atoms with Crippen LogP contribution in [0.5, 0.6) is 0 Å². The lowest BCUT2D eigenvalue weighted by atomic mass is 9.91. The Morgan fingerprint density at radius 3 is 3.05 bits per heavy atom. The highest BCUT2D eigenvalue weighted by Gasteiger charge is 2.22. The standard InChI is InChI=1S/C16H26N2S/c1-4-17-13(3)15-9-6-10-18-16(15)19-14-8-5-7-12(2)11-14/h6,9-10,12-14,17H,4-5,7-8,11H2,1-3H3. The molecule has 0 amide bonds. The van der Waals surface area contributed by atoms with Gasteiger partial charge in [0.15, 0.2) is 0 Å². The third-order valence-electron chi connectivity index (χ3n) is 3.94. The second-order valence-corrected chi connectivity index (χ2v) is 6.98. The van der Waals surface area contributed by atoms with Gasteiger partial charge in [-0.25, -0.2) is 4.98 Å². The second kappa shape index (κ2) is 7.30. The van der Waals surface area contributed by atoms with Crippen LogP contribution in [0.25, 0.3) is 0 Å². The molecule has 1 aromatic rings. The van der Waals surface area contributed by atoms with Gasteiger partial charge in [0.05, 0.1) is 0 Å². The lowest BCUT2D eigenvalue weighted by Crippen LogP contribution is -2.20. The number of rotatable bonds is 5. The molecule has 106 valence electrons. The van der Waals surface area contributed by atoms with Crippen LogP contribution in [-0.4, -0.2) is 16.8 Å². The molecule has 1 saturated carbocycles. The van der Waals surface area contributed by atoms with Crippen molar-refractivity contribution < 1.29 is 0 Å². The molecule has 0 spiro atoms. The molecule has 3 unspecified atom stereocenters. The van der Waals surface area contributed by atoms with Gasteiger partial charge in [0.2, 0.25) is 0 Å². The zero-order valence-electron chi connectivity index (χ0n) is 12.4. The van der Waals surface area contributed by atoms with Gasteiger partial charge < -0.3 is 5.32 Å². The first-order valence-corrected chi connectivity index (χ1v) is 8.43. The molecule has 3 atom stereocenters. The highest BCUT2D eigenvalue weighted by atomic mass is 32.2. The van der Waals surface area contributed by atoms with Gasteiger partial charge in [0, 0.05) is 23.1 Å². The maximum atomic E-state index is 4.62. The van der Waals surface area contributed by atoms with Crippen molar-refractivity contribution in [2.75, 3.05) is 6.54 Å². The molecular weight excluding hydrogens is 252 g/mol. The van der Waals surface area contributed by atoms with Crippen molar-refractivity contribution in [2.24, 2.45) is 5.92 Å². The van der Waals surface area contributed by atoms with Crippen LogP contribution < -0.4 is 5.32 Å². The molecule has 2 rings (SSSR count). The van der Waals surface area contributed by atoms with E-state index in [2.05, 4.69) is 43.2 Å². The number of thioether (sulfide) groups is 1. The predicted molar refractivity (Wildman–Crippen MR) is 83.6 cm³/mol. The van der Waals surface area contributed by atoms with E-state index < -0.39 is 0 Å². The summed E-state index contributed by atoms with van der Waals surface area (Å²) in [6, 6.07) is 4.66. The fourth-order valence-corrected chi connectivity index (χ4v) is 4.42. The highest BCUT2D eigenvalue weighted by molar-refractivity contribution is 7.99. The Balaban J connectivity index is 2.06. The molecule has 1 aliphatic rings. The van der Waals surface area contributed by atoms with Crippen LogP contribution in [0.3, 0.4) is 0 Å². The van der Waals surface area contributed by atoms with E-state index in [-0.39, 0.29) is 0 Å². The van der Waals surface area contributed by atoms with Crippen molar-refractivity contribution in [2.45, 2.75) is 62.8 Å². The van der Waals surface area contributed by atoms with Gasteiger partial charge in [0.1, 0.15) is 5.03 Å². The lowest BCUT2D eigenvalue weighted by molar-refractivity contribution is 0.394. The molecule has 1 aromatic heterocycles. The van der Waals surface area contributed by atoms with Gasteiger partial charge in [0.25, 0.3) is 0 Å². The molecule has 3 heteroatoms. The molecule has 0 aliphatic heterocycles. The quantitative estimate of drug-likeness (QED) is 0.863. The largest absolute Gasteiger partial charge is 0.310 e. The zero-order chi connectivity index (χ0) is 13.7. The van der Waals surface area contributed by atoms with Crippen molar-refractivity contribution in [3.05, 3.63) is 23.9 Å². The Bertz CT molecular complexity index is 394. The Kier molecular flexibility index (Phi) is 5.71. The van der Waals surface area contributed by atoms with Crippen molar-refractivity contribution >= 4 is 11.8 Å². The van der Waals surface area contributed by atoms with E-state index >= 15 is 0 Å². The number of nitrogens with zero attached hydrogens (tertiary/aromatic N) is 1. The van der Waals surface area contributed by atoms with Crippen LogP contribution in [0.15, 0.2) is 23.4 Å². The van der Waals surface area contributed by atoms with E-state index in [1.54, 1.807) is 0 Å². The first kappa shape index (κ1) is 14.9. The second-order valence-electron chi connectivity index (χ2n) is 5.69. The first-order valence-electron chi connectivity index (χ1n) is 7.55. The maximum Gasteiger partial charge on any atom is 0.101 e. The minimum absolute atomic E-state index is 0.391. The number of aromatic nitrogens is 1. The summed E-state index contributed by atoms with van der Waals surface area (Å²) in [6.07, 6.45) is 7.40. The summed E-state index contributed by atoms with van der Waals surface area (Å²) in [5, 5.41) is 5.48. The Hall–Kier alpha value is -0.540. The van der Waals surface area contributed by atoms with Crippen molar-refractivity contribution in [3.8, 4) is 0 Å². The normalized spacial score (nSPS) is 25.2. The SMILES string of the molecule is CCNC(C)c1cccnc1SC1CCCC(C)C1. The summed E-state index contributed by atoms with van der Waals surface area (Å²) < 4.78 is 0. The molecule has 1 fully saturated rings. The zero-order valence-corrected chi connectivity index (χ0v) is 13.2. The highest BCUT2D eigenvalue weighted by Crippen LogP contribution is 2.37. The summed E-state index contributed by atoms with van der Waals surface area (Å²) in [7, 11) is 0. The van der Waals surface area contributed by atoms with Gasteiger partial charge in [-0.15, -0.1) is 11.8 Å². The van der Waals surface area contributed by atoms with Crippen LogP contribution in [0.1, 0.15) is 58.1 Å². The van der Waals surface area contributed by atoms with Crippen LogP contribution in [0.2, 0.25) is 0 Å². The van der Waals surface area contributed by atoms with Gasteiger partial charge in [-0.2, -0.15) is 0 Å². The van der Waals surface area contributed by atoms with E-state index in [0.29, 0.717) is 6.04 Å². The molecule has 0 radical (unpaired) electrons. The molecule has 19 heavy (non-hydrogen) atoms. The summed E-state index contributed by atoms with van der Waals surface area (Å²) in [4.78, 5) is 4.62. The Labute approximate surface area is 121 Å². The van der Waals surface area contributed by atoms with Gasteiger partial charge in [-0.3, -0.25) is 0 Å². The van der Waals surface area contributed by atoms with Crippen molar-refractivity contribution in [3.63, 3.8) is 0 Å². The van der Waals surface area contributed by atoms with E-state index in [4.69, 9.17) is 0 Å². The van der Waals surface area contributed by atoms with E-state index in [9.17, 15) is 0 Å². The molecule has 0 bridgehead atoms. The Morgan fingerprint density at radius 2 is 2.32 bits per heavy atom. The number of nitrogens with one attached hydrogen (secondary N) is 1. The third-order valence-corrected chi connectivity index (χ3v) is 5.27. The maximum absolute atomic E-state index is 4.62. The minimum Gasteiger partial charge on any atom is -0.310 e. The van der Waals surface area contributed by atoms with Crippen molar-refractivity contribution in [1.29, 1.82) is 0 Å². The van der Waals surface area contributed by atoms with Crippen LogP contribution in [-0.2, 0) is 0 Å². The smallest absolute Gasteiger partial charge is 0.101 e. The van der Waals surface area contributed by atoms with Gasteiger partial charge in [-0.05, 0) is 38.3 Å². The number of hydrogen-bond acceptors (Lipinski definition) is 3. The monoisotopic (exact) mass is 278 g/mol. The lowest BCUT2D eigenvalue weighted by Gasteiger charge is -2.27. The molecule has 1 N–H and O–H groups in total. The average Bonchev–Trinajstić information content (AvgIpc) is 2.39. The molecule has 2 nitrogen and oxygen atoms in total. The van der Waals surface area contributed by atoms with E-state index in [1.165, 1.54) is 36.3 Å². The number of pyridine rings is 1. The molecule has 1 heterocycles. The number of hydrogen-bond donors (Lipinski definition) is 1. The van der Waals surface area contributed by atoms with Crippen LogP contribution >= 0.6 is 11.8 Å². The minimum atomic E-state index is 0.391. The van der Waals surface area contributed by atoms with Crippen LogP contribution in [0.4, 0.5) is 0 Å². The average molecular weight is 278 g/mol. The predicted octanol–water partition coefficient (Wildman–Crippen LogP) is 4.42. The third kappa shape index (κ3) is 4.22. The summed E-state index contributed by atoms with van der Waals surface area (Å²) >= 11 is 2.00. The first-order chi connectivity index (χ1) is 9.20. The summed E-state index contributed by atoms with van der Waals surface area (Å²) in [5.41, 5.74) is 1.35. The topological polar surface area (TPSA) is 24.9 Å². The summed E-state index contributed by atoms with van der Waals surface area (Å²) in [5.74, 6) is 0.879. The van der Waals surface area contributed by atoms with Gasteiger partial charge >= 0.3 is 0 Å². The van der Waals surface area contributed by atoms with E-state index in [1.807, 2.05) is 18.0 Å². The molecule has 1 aliphatic carbocycles.